The minimum Gasteiger partial charge on any atom is -0.0999 e. The molecule has 1 fully saturated rings. The topological polar surface area (TPSA) is 0 Å². The Morgan fingerprint density at radius 2 is 2.00 bits per heavy atom. The number of allylic oxidation sites excluding steroid dienone is 3. The summed E-state index contributed by atoms with van der Waals surface area (Å²) in [6, 6.07) is 0. The van der Waals surface area contributed by atoms with Gasteiger partial charge in [0, 0.05) is 0 Å². The summed E-state index contributed by atoms with van der Waals surface area (Å²) in [5.41, 5.74) is 4.92. The van der Waals surface area contributed by atoms with E-state index in [9.17, 15) is 0 Å². The number of rotatable bonds is 1. The van der Waals surface area contributed by atoms with E-state index in [1.807, 2.05) is 5.57 Å². The molecule has 0 aliphatic heterocycles. The number of hydrogen-bond acceptors (Lipinski definition) is 0. The largest absolute Gasteiger partial charge is 0.0999 e. The van der Waals surface area contributed by atoms with Crippen LogP contribution in [0.2, 0.25) is 0 Å². The van der Waals surface area contributed by atoms with E-state index in [0.717, 1.165) is 17.8 Å². The smallest absolute Gasteiger partial charge is 0.0169 e. The van der Waals surface area contributed by atoms with Crippen LogP contribution in [0.1, 0.15) is 52.9 Å². The van der Waals surface area contributed by atoms with Crippen molar-refractivity contribution in [1.29, 1.82) is 0 Å². The second-order valence-electron chi connectivity index (χ2n) is 5.75. The Balaban J connectivity index is 2.21. The van der Waals surface area contributed by atoms with Gasteiger partial charge in [-0.25, -0.2) is 0 Å². The van der Waals surface area contributed by atoms with E-state index < -0.39 is 0 Å². The summed E-state index contributed by atoms with van der Waals surface area (Å²) < 4.78 is 0. The molecule has 0 spiro atoms. The molecule has 1 saturated carbocycles. The summed E-state index contributed by atoms with van der Waals surface area (Å²) in [7, 11) is 0. The summed E-state index contributed by atoms with van der Waals surface area (Å²) >= 11 is 0. The van der Waals surface area contributed by atoms with Gasteiger partial charge in [0.05, 0.1) is 0 Å². The zero-order valence-corrected chi connectivity index (χ0v) is 10.5. The molecule has 0 saturated heterocycles. The van der Waals surface area contributed by atoms with Crippen LogP contribution in [0.25, 0.3) is 0 Å². The van der Waals surface area contributed by atoms with Gasteiger partial charge in [0.25, 0.3) is 0 Å². The first-order valence-corrected chi connectivity index (χ1v) is 6.43. The molecular weight excluding hydrogens is 180 g/mol. The van der Waals surface area contributed by atoms with Crippen LogP contribution in [0, 0.1) is 17.8 Å². The Morgan fingerprint density at radius 3 is 2.67 bits per heavy atom. The van der Waals surface area contributed by atoms with Crippen molar-refractivity contribution >= 4 is 0 Å². The maximum absolute atomic E-state index is 4.17. The van der Waals surface area contributed by atoms with Crippen molar-refractivity contribution in [3.63, 3.8) is 0 Å². The molecule has 84 valence electrons. The van der Waals surface area contributed by atoms with Gasteiger partial charge in [0.2, 0.25) is 0 Å². The molecule has 15 heavy (non-hydrogen) atoms. The summed E-state index contributed by atoms with van der Waals surface area (Å²) in [5.74, 6) is 2.58. The fraction of sp³-hybridized carbons (Fsp3) is 0.733. The minimum absolute atomic E-state index is 0.781. The van der Waals surface area contributed by atoms with E-state index in [0.29, 0.717) is 0 Å². The average molecular weight is 204 g/mol. The first-order valence-electron chi connectivity index (χ1n) is 6.43. The zero-order valence-electron chi connectivity index (χ0n) is 10.5. The zero-order chi connectivity index (χ0) is 11.0. The Labute approximate surface area is 94.5 Å². The molecule has 0 nitrogen and oxygen atoms in total. The SMILES string of the molecule is C=C(C)[C@@H]1CCC(C)=C2CC[C@H](C)[C@@H]2C1. The highest BCUT2D eigenvalue weighted by Gasteiger charge is 2.33. The molecule has 0 amide bonds. The molecule has 0 unspecified atom stereocenters. The van der Waals surface area contributed by atoms with Crippen molar-refractivity contribution in [2.24, 2.45) is 17.8 Å². The van der Waals surface area contributed by atoms with Gasteiger partial charge in [-0.3, -0.25) is 0 Å². The van der Waals surface area contributed by atoms with Crippen LogP contribution in [-0.2, 0) is 0 Å². The van der Waals surface area contributed by atoms with Crippen LogP contribution in [0.3, 0.4) is 0 Å². The van der Waals surface area contributed by atoms with Gasteiger partial charge >= 0.3 is 0 Å². The van der Waals surface area contributed by atoms with Gasteiger partial charge in [0.1, 0.15) is 0 Å². The van der Waals surface area contributed by atoms with Crippen LogP contribution < -0.4 is 0 Å². The van der Waals surface area contributed by atoms with Gasteiger partial charge in [-0.2, -0.15) is 0 Å². The van der Waals surface area contributed by atoms with Gasteiger partial charge in [-0.05, 0) is 63.7 Å². The molecule has 0 radical (unpaired) electrons. The molecule has 3 atom stereocenters. The Bertz CT molecular complexity index is 295. The maximum Gasteiger partial charge on any atom is -0.0169 e. The predicted octanol–water partition coefficient (Wildman–Crippen LogP) is 4.73. The molecular formula is C15H24. The van der Waals surface area contributed by atoms with Crippen LogP contribution in [0.4, 0.5) is 0 Å². The third kappa shape index (κ3) is 2.04. The molecule has 0 heterocycles. The number of fused-ring (bicyclic) bond motifs is 1. The third-order valence-corrected chi connectivity index (χ3v) is 4.65. The van der Waals surface area contributed by atoms with Crippen LogP contribution >= 0.6 is 0 Å². The van der Waals surface area contributed by atoms with Crippen molar-refractivity contribution in [1.82, 2.24) is 0 Å². The van der Waals surface area contributed by atoms with Gasteiger partial charge in [-0.1, -0.05) is 30.2 Å². The van der Waals surface area contributed by atoms with Crippen LogP contribution in [-0.4, -0.2) is 0 Å². The van der Waals surface area contributed by atoms with Crippen LogP contribution in [0.5, 0.6) is 0 Å². The molecule has 0 aromatic heterocycles. The minimum atomic E-state index is 0.781. The van der Waals surface area contributed by atoms with E-state index >= 15 is 0 Å². The Hall–Kier alpha value is -0.520. The highest BCUT2D eigenvalue weighted by molar-refractivity contribution is 5.23. The maximum atomic E-state index is 4.17. The monoisotopic (exact) mass is 204 g/mol. The first kappa shape index (κ1) is 11.0. The Kier molecular flexibility index (Phi) is 3.04. The molecule has 0 aromatic carbocycles. The molecule has 0 bridgehead atoms. The van der Waals surface area contributed by atoms with Gasteiger partial charge < -0.3 is 0 Å². The second-order valence-corrected chi connectivity index (χ2v) is 5.75. The molecule has 0 heteroatoms. The molecule has 2 rings (SSSR count). The van der Waals surface area contributed by atoms with E-state index in [4.69, 9.17) is 0 Å². The number of hydrogen-bond donors (Lipinski definition) is 0. The summed E-state index contributed by atoms with van der Waals surface area (Å²) in [5, 5.41) is 0. The highest BCUT2D eigenvalue weighted by atomic mass is 14.4. The van der Waals surface area contributed by atoms with E-state index in [1.165, 1.54) is 37.7 Å². The second kappa shape index (κ2) is 4.15. The fourth-order valence-electron chi connectivity index (χ4n) is 3.44. The quantitative estimate of drug-likeness (QED) is 0.542. The molecule has 2 aliphatic rings. The lowest BCUT2D eigenvalue weighted by molar-refractivity contribution is 0.374. The van der Waals surface area contributed by atoms with Gasteiger partial charge in [-0.15, -0.1) is 0 Å². The lowest BCUT2D eigenvalue weighted by atomic mass is 9.83. The summed E-state index contributed by atoms with van der Waals surface area (Å²) in [6.45, 7) is 11.2. The highest BCUT2D eigenvalue weighted by Crippen LogP contribution is 2.46. The fourth-order valence-corrected chi connectivity index (χ4v) is 3.44. The lowest BCUT2D eigenvalue weighted by Crippen LogP contribution is -2.11. The molecule has 0 aromatic rings. The van der Waals surface area contributed by atoms with Crippen molar-refractivity contribution in [2.45, 2.75) is 52.9 Å². The van der Waals surface area contributed by atoms with E-state index in [1.54, 1.807) is 5.57 Å². The molecule has 2 aliphatic carbocycles. The standard InChI is InChI=1S/C15H24/c1-10(2)13-7-5-11(3)14-8-6-12(4)15(14)9-13/h12-13,15H,1,5-9H2,2-4H3/t12-,13+,15-/m0/s1. The van der Waals surface area contributed by atoms with Crippen molar-refractivity contribution in [3.8, 4) is 0 Å². The van der Waals surface area contributed by atoms with Crippen molar-refractivity contribution in [3.05, 3.63) is 23.3 Å². The van der Waals surface area contributed by atoms with E-state index in [2.05, 4.69) is 27.4 Å². The molecule has 0 N–H and O–H groups in total. The lowest BCUT2D eigenvalue weighted by Gasteiger charge is -2.22. The first-order chi connectivity index (χ1) is 7.09. The Morgan fingerprint density at radius 1 is 1.27 bits per heavy atom. The predicted molar refractivity (Wildman–Crippen MR) is 66.7 cm³/mol. The van der Waals surface area contributed by atoms with Crippen LogP contribution in [0.15, 0.2) is 23.3 Å². The average Bonchev–Trinajstić information content (AvgIpc) is 2.43. The van der Waals surface area contributed by atoms with Crippen molar-refractivity contribution < 1.29 is 0 Å². The van der Waals surface area contributed by atoms with E-state index in [-0.39, 0.29) is 0 Å². The third-order valence-electron chi connectivity index (χ3n) is 4.65. The normalized spacial score (nSPS) is 36.3. The summed E-state index contributed by atoms with van der Waals surface area (Å²) in [4.78, 5) is 0. The summed E-state index contributed by atoms with van der Waals surface area (Å²) in [6.07, 6.45) is 6.83. The van der Waals surface area contributed by atoms with Gasteiger partial charge in [0.15, 0.2) is 0 Å². The van der Waals surface area contributed by atoms with Crippen molar-refractivity contribution in [2.75, 3.05) is 0 Å².